The van der Waals surface area contributed by atoms with Crippen molar-refractivity contribution < 1.29 is 18.7 Å². The van der Waals surface area contributed by atoms with Gasteiger partial charge in [-0.3, -0.25) is 19.5 Å². The van der Waals surface area contributed by atoms with E-state index in [2.05, 4.69) is 10.3 Å². The lowest BCUT2D eigenvalue weighted by atomic mass is 9.92. The van der Waals surface area contributed by atoms with Crippen molar-refractivity contribution in [2.24, 2.45) is 5.92 Å². The summed E-state index contributed by atoms with van der Waals surface area (Å²) < 4.78 is 19.4. The first-order valence-corrected chi connectivity index (χ1v) is 9.66. The summed E-state index contributed by atoms with van der Waals surface area (Å²) in [5.74, 6) is -1.58. The van der Waals surface area contributed by atoms with Crippen LogP contribution < -0.4 is 5.32 Å². The molecule has 1 saturated heterocycles. The van der Waals surface area contributed by atoms with Crippen molar-refractivity contribution in [2.45, 2.75) is 31.8 Å². The number of likely N-dealkylation sites (N-methyl/N-ethyl adjacent to an activating group) is 1. The molecule has 6 nitrogen and oxygen atoms in total. The highest BCUT2D eigenvalue weighted by atomic mass is 19.1. The highest BCUT2D eigenvalue weighted by molar-refractivity contribution is 5.83. The van der Waals surface area contributed by atoms with Gasteiger partial charge in [0.15, 0.2) is 0 Å². The molecule has 3 atom stereocenters. The lowest BCUT2D eigenvalue weighted by Crippen LogP contribution is -2.37. The number of nitrogens with zero attached hydrogens (tertiary/aromatic N) is 2. The number of methoxy groups -OCH3 is 1. The fourth-order valence-electron chi connectivity index (χ4n) is 4.00. The Hall–Kier alpha value is -2.80. The Morgan fingerprint density at radius 2 is 2.00 bits per heavy atom. The molecule has 1 aliphatic rings. The summed E-state index contributed by atoms with van der Waals surface area (Å²) in [6.45, 7) is 2.34. The third kappa shape index (κ3) is 4.62. The highest BCUT2D eigenvalue weighted by Gasteiger charge is 2.47. The molecule has 1 N–H and O–H groups in total. The van der Waals surface area contributed by atoms with Crippen LogP contribution in [0.3, 0.4) is 0 Å². The van der Waals surface area contributed by atoms with E-state index in [-0.39, 0.29) is 12.3 Å². The molecule has 2 aromatic rings. The van der Waals surface area contributed by atoms with Gasteiger partial charge in [0.05, 0.1) is 13.0 Å². The zero-order chi connectivity index (χ0) is 21.0. The maximum atomic E-state index is 14.5. The molecule has 154 valence electrons. The van der Waals surface area contributed by atoms with Crippen LogP contribution in [0.1, 0.15) is 29.4 Å². The molecule has 0 saturated carbocycles. The van der Waals surface area contributed by atoms with E-state index >= 15 is 0 Å². The van der Waals surface area contributed by atoms with Gasteiger partial charge in [-0.15, -0.1) is 0 Å². The number of carbonyl (C=O) groups excluding carboxylic acids is 2. The van der Waals surface area contributed by atoms with Gasteiger partial charge in [0.1, 0.15) is 11.9 Å². The fraction of sp³-hybridized carbons (Fsp3) is 0.409. The Labute approximate surface area is 170 Å². The number of hydrogen-bond donors (Lipinski definition) is 1. The van der Waals surface area contributed by atoms with Crippen molar-refractivity contribution in [2.75, 3.05) is 20.7 Å². The maximum absolute atomic E-state index is 14.5. The lowest BCUT2D eigenvalue weighted by molar-refractivity contribution is -0.145. The van der Waals surface area contributed by atoms with Crippen LogP contribution in [-0.4, -0.2) is 48.5 Å². The molecule has 1 aliphatic heterocycles. The standard InChI is InChI=1S/C22H26FN3O3/c1-14-7-6-8-15(25-14)11-12-24-21(27)17-13-19(22(28)29-3)26(2)20(17)16-9-4-5-10-18(16)23/h4-10,17,19-20H,11-13H2,1-3H3,(H,24,27)/t17-,19-,20-/m1/s1. The Kier molecular flexibility index (Phi) is 6.59. The summed E-state index contributed by atoms with van der Waals surface area (Å²) in [5, 5.41) is 2.93. The third-order valence-corrected chi connectivity index (χ3v) is 5.45. The molecule has 0 radical (unpaired) electrons. The minimum absolute atomic E-state index is 0.204. The summed E-state index contributed by atoms with van der Waals surface area (Å²) in [5.41, 5.74) is 2.22. The van der Waals surface area contributed by atoms with Crippen molar-refractivity contribution in [3.63, 3.8) is 0 Å². The van der Waals surface area contributed by atoms with Crippen LogP contribution in [0.5, 0.6) is 0 Å². The van der Waals surface area contributed by atoms with Crippen LogP contribution in [0.25, 0.3) is 0 Å². The van der Waals surface area contributed by atoms with E-state index in [1.807, 2.05) is 25.1 Å². The number of likely N-dealkylation sites (tertiary alicyclic amines) is 1. The van der Waals surface area contributed by atoms with Crippen molar-refractivity contribution in [1.29, 1.82) is 0 Å². The monoisotopic (exact) mass is 399 g/mol. The molecule has 1 amide bonds. The topological polar surface area (TPSA) is 71.5 Å². The summed E-state index contributed by atoms with van der Waals surface area (Å²) in [4.78, 5) is 31.3. The van der Waals surface area contributed by atoms with Crippen LogP contribution in [0, 0.1) is 18.7 Å². The molecule has 29 heavy (non-hydrogen) atoms. The molecular formula is C22H26FN3O3. The van der Waals surface area contributed by atoms with E-state index in [4.69, 9.17) is 4.74 Å². The number of ether oxygens (including phenoxy) is 1. The van der Waals surface area contributed by atoms with E-state index in [0.717, 1.165) is 11.4 Å². The summed E-state index contributed by atoms with van der Waals surface area (Å²) >= 11 is 0. The largest absolute Gasteiger partial charge is 0.468 e. The summed E-state index contributed by atoms with van der Waals surface area (Å²) in [7, 11) is 3.04. The summed E-state index contributed by atoms with van der Waals surface area (Å²) in [6, 6.07) is 11.0. The summed E-state index contributed by atoms with van der Waals surface area (Å²) in [6.07, 6.45) is 0.872. The average Bonchev–Trinajstić information content (AvgIpc) is 3.05. The number of amides is 1. The van der Waals surface area contributed by atoms with Gasteiger partial charge in [0.2, 0.25) is 5.91 Å². The average molecular weight is 399 g/mol. The van der Waals surface area contributed by atoms with Gasteiger partial charge in [-0.25, -0.2) is 4.39 Å². The number of pyridine rings is 1. The SMILES string of the molecule is COC(=O)[C@H]1C[C@@H](C(=O)NCCc2cccc(C)n2)[C@@H](c2ccccc2F)N1C. The molecule has 1 aromatic heterocycles. The van der Waals surface area contributed by atoms with Crippen LogP contribution >= 0.6 is 0 Å². The van der Waals surface area contributed by atoms with Crippen LogP contribution in [0.4, 0.5) is 4.39 Å². The van der Waals surface area contributed by atoms with Gasteiger partial charge in [0.25, 0.3) is 0 Å². The van der Waals surface area contributed by atoms with Crippen molar-refractivity contribution >= 4 is 11.9 Å². The molecule has 2 heterocycles. The third-order valence-electron chi connectivity index (χ3n) is 5.45. The Morgan fingerprint density at radius 3 is 2.69 bits per heavy atom. The quantitative estimate of drug-likeness (QED) is 0.756. The van der Waals surface area contributed by atoms with Crippen LogP contribution in [0.15, 0.2) is 42.5 Å². The second-order valence-electron chi connectivity index (χ2n) is 7.32. The number of aryl methyl sites for hydroxylation is 1. The van der Waals surface area contributed by atoms with Gasteiger partial charge in [-0.05, 0) is 38.6 Å². The Morgan fingerprint density at radius 1 is 1.24 bits per heavy atom. The van der Waals surface area contributed by atoms with Gasteiger partial charge in [0, 0.05) is 36.0 Å². The molecule has 0 bridgehead atoms. The molecule has 1 aromatic carbocycles. The number of rotatable bonds is 6. The molecule has 0 aliphatic carbocycles. The van der Waals surface area contributed by atoms with Gasteiger partial charge >= 0.3 is 5.97 Å². The molecule has 1 fully saturated rings. The van der Waals surface area contributed by atoms with E-state index in [1.165, 1.54) is 13.2 Å². The van der Waals surface area contributed by atoms with Crippen LogP contribution in [0.2, 0.25) is 0 Å². The number of benzene rings is 1. The second kappa shape index (κ2) is 9.13. The van der Waals surface area contributed by atoms with E-state index in [9.17, 15) is 14.0 Å². The van der Waals surface area contributed by atoms with Crippen molar-refractivity contribution in [1.82, 2.24) is 15.2 Å². The molecule has 0 unspecified atom stereocenters. The first-order chi connectivity index (χ1) is 13.9. The van der Waals surface area contributed by atoms with Gasteiger partial charge in [-0.2, -0.15) is 0 Å². The minimum Gasteiger partial charge on any atom is -0.468 e. The van der Waals surface area contributed by atoms with E-state index < -0.39 is 29.8 Å². The molecule has 0 spiro atoms. The number of carbonyl (C=O) groups is 2. The van der Waals surface area contributed by atoms with Crippen molar-refractivity contribution in [3.05, 3.63) is 65.2 Å². The van der Waals surface area contributed by atoms with Gasteiger partial charge < -0.3 is 10.1 Å². The molecular weight excluding hydrogens is 373 g/mol. The number of nitrogens with one attached hydrogen (secondary N) is 1. The molecule has 3 rings (SSSR count). The van der Waals surface area contributed by atoms with Crippen LogP contribution in [-0.2, 0) is 20.7 Å². The van der Waals surface area contributed by atoms with Crippen molar-refractivity contribution in [3.8, 4) is 0 Å². The smallest absolute Gasteiger partial charge is 0.323 e. The number of hydrogen-bond acceptors (Lipinski definition) is 5. The van der Waals surface area contributed by atoms with E-state index in [1.54, 1.807) is 30.1 Å². The lowest BCUT2D eigenvalue weighted by Gasteiger charge is -2.27. The minimum atomic E-state index is -0.598. The van der Waals surface area contributed by atoms with Gasteiger partial charge in [-0.1, -0.05) is 24.3 Å². The predicted octanol–water partition coefficient (Wildman–Crippen LogP) is 2.42. The van der Waals surface area contributed by atoms with E-state index in [0.29, 0.717) is 18.5 Å². The first kappa shape index (κ1) is 20.9. The maximum Gasteiger partial charge on any atom is 0.323 e. The highest BCUT2D eigenvalue weighted by Crippen LogP contribution is 2.41. The number of halogens is 1. The Balaban J connectivity index is 1.75. The second-order valence-corrected chi connectivity index (χ2v) is 7.32. The number of aromatic nitrogens is 1. The molecule has 7 heteroatoms. The fourth-order valence-corrected chi connectivity index (χ4v) is 4.00. The Bertz CT molecular complexity index is 889. The zero-order valence-electron chi connectivity index (χ0n) is 16.9. The first-order valence-electron chi connectivity index (χ1n) is 9.66. The normalized spacial score (nSPS) is 21.7. The predicted molar refractivity (Wildman–Crippen MR) is 107 cm³/mol. The zero-order valence-corrected chi connectivity index (χ0v) is 16.9. The number of esters is 1.